The van der Waals surface area contributed by atoms with Crippen molar-refractivity contribution in [2.24, 2.45) is 17.6 Å². The summed E-state index contributed by atoms with van der Waals surface area (Å²) in [6.07, 6.45) is 7.78. The number of ether oxygens (including phenoxy) is 2. The van der Waals surface area contributed by atoms with E-state index in [0.29, 0.717) is 18.9 Å². The zero-order chi connectivity index (χ0) is 14.0. The van der Waals surface area contributed by atoms with Crippen LogP contribution in [-0.2, 0) is 14.3 Å². The summed E-state index contributed by atoms with van der Waals surface area (Å²) in [5.41, 5.74) is 5.79. The van der Waals surface area contributed by atoms with Crippen molar-refractivity contribution in [1.82, 2.24) is 0 Å². The summed E-state index contributed by atoms with van der Waals surface area (Å²) in [5.74, 6) is 0.282. The van der Waals surface area contributed by atoms with Crippen LogP contribution in [0.5, 0.6) is 0 Å². The van der Waals surface area contributed by atoms with E-state index in [4.69, 9.17) is 15.2 Å². The molecule has 0 aliphatic rings. The number of methoxy groups -OCH3 is 1. The number of hydrogen-bond donors (Lipinski definition) is 1. The molecule has 2 N–H and O–H groups in total. The predicted octanol–water partition coefficient (Wildman–Crippen LogP) is 2.26. The minimum Gasteiger partial charge on any atom is -0.463 e. The molecule has 0 fully saturated rings. The minimum absolute atomic E-state index is 0.250. The highest BCUT2D eigenvalue weighted by Gasteiger charge is 2.16. The van der Waals surface area contributed by atoms with Gasteiger partial charge in [0, 0.05) is 19.1 Å². The fraction of sp³-hybridized carbons (Fsp3) is 0.643. The van der Waals surface area contributed by atoms with E-state index < -0.39 is 0 Å². The highest BCUT2D eigenvalue weighted by Crippen LogP contribution is 2.16. The van der Waals surface area contributed by atoms with E-state index in [2.05, 4.69) is 19.9 Å². The normalized spacial score (nSPS) is 16.9. The molecule has 3 atom stereocenters. The summed E-state index contributed by atoms with van der Waals surface area (Å²) in [6.45, 7) is 6.34. The van der Waals surface area contributed by atoms with Crippen LogP contribution in [0.4, 0.5) is 0 Å². The van der Waals surface area contributed by atoms with Crippen LogP contribution in [0.2, 0.25) is 0 Å². The van der Waals surface area contributed by atoms with Crippen LogP contribution in [0.15, 0.2) is 24.3 Å². The molecule has 18 heavy (non-hydrogen) atoms. The van der Waals surface area contributed by atoms with Gasteiger partial charge in [-0.05, 0) is 19.3 Å². The minimum atomic E-state index is -0.297. The molecular formula is C14H25NO3. The molecular weight excluding hydrogens is 230 g/mol. The Morgan fingerprint density at radius 3 is 2.56 bits per heavy atom. The van der Waals surface area contributed by atoms with Gasteiger partial charge < -0.3 is 15.2 Å². The van der Waals surface area contributed by atoms with E-state index in [1.54, 1.807) is 20.1 Å². The first kappa shape index (κ1) is 16.9. The second-order valence-corrected chi connectivity index (χ2v) is 4.24. The monoisotopic (exact) mass is 255 g/mol. The van der Waals surface area contributed by atoms with Gasteiger partial charge in [0.1, 0.15) is 6.23 Å². The van der Waals surface area contributed by atoms with Crippen LogP contribution in [-0.4, -0.2) is 25.9 Å². The Hall–Kier alpha value is -1.13. The largest absolute Gasteiger partial charge is 0.463 e. The summed E-state index contributed by atoms with van der Waals surface area (Å²) < 4.78 is 9.86. The smallest absolute Gasteiger partial charge is 0.330 e. The Morgan fingerprint density at radius 1 is 1.33 bits per heavy atom. The summed E-state index contributed by atoms with van der Waals surface area (Å²) in [4.78, 5) is 11.0. The third-order valence-electron chi connectivity index (χ3n) is 2.87. The third kappa shape index (κ3) is 7.25. The topological polar surface area (TPSA) is 61.5 Å². The zero-order valence-electron chi connectivity index (χ0n) is 11.8. The second kappa shape index (κ2) is 9.85. The summed E-state index contributed by atoms with van der Waals surface area (Å²) in [6, 6.07) is 0. The third-order valence-corrected chi connectivity index (χ3v) is 2.87. The van der Waals surface area contributed by atoms with Gasteiger partial charge in [-0.25, -0.2) is 4.79 Å². The van der Waals surface area contributed by atoms with Crippen molar-refractivity contribution in [3.05, 3.63) is 24.3 Å². The van der Waals surface area contributed by atoms with Crippen LogP contribution in [0, 0.1) is 11.8 Å². The molecule has 0 aromatic rings. The van der Waals surface area contributed by atoms with Crippen LogP contribution in [0.1, 0.15) is 27.2 Å². The van der Waals surface area contributed by atoms with Gasteiger partial charge in [-0.3, -0.25) is 0 Å². The molecule has 0 aromatic carbocycles. The molecule has 0 spiro atoms. The van der Waals surface area contributed by atoms with Gasteiger partial charge >= 0.3 is 5.97 Å². The van der Waals surface area contributed by atoms with Gasteiger partial charge in [-0.15, -0.1) is 0 Å². The van der Waals surface area contributed by atoms with Crippen LogP contribution < -0.4 is 5.73 Å². The summed E-state index contributed by atoms with van der Waals surface area (Å²) in [7, 11) is 1.61. The quantitative estimate of drug-likeness (QED) is 0.313. The molecule has 0 bridgehead atoms. The maximum Gasteiger partial charge on any atom is 0.330 e. The standard InChI is InChI=1S/C14H25NO3/c1-5-18-13(16)10-8-6-7-9-11(2)12(3)14(15)17-4/h7-12,14H,5-6,15H2,1-4H3/b9-7+,10-8+/t11?,12-,14-/m0/s1. The number of nitrogens with two attached hydrogens (primary N) is 1. The van der Waals surface area contributed by atoms with Gasteiger partial charge in [-0.2, -0.15) is 0 Å². The van der Waals surface area contributed by atoms with Crippen molar-refractivity contribution in [2.75, 3.05) is 13.7 Å². The maximum absolute atomic E-state index is 11.0. The Kier molecular flexibility index (Phi) is 9.24. The molecule has 0 rings (SSSR count). The molecule has 104 valence electrons. The maximum atomic E-state index is 11.0. The molecule has 4 nitrogen and oxygen atoms in total. The Morgan fingerprint density at radius 2 is 2.00 bits per heavy atom. The molecule has 1 unspecified atom stereocenters. The average Bonchev–Trinajstić information content (AvgIpc) is 2.36. The first-order chi connectivity index (χ1) is 8.52. The summed E-state index contributed by atoms with van der Waals surface area (Å²) in [5, 5.41) is 0. The molecule has 0 aliphatic carbocycles. The van der Waals surface area contributed by atoms with Crippen LogP contribution in [0.25, 0.3) is 0 Å². The van der Waals surface area contributed by atoms with Crippen molar-refractivity contribution in [1.29, 1.82) is 0 Å². The Balaban J connectivity index is 3.98. The highest BCUT2D eigenvalue weighted by molar-refractivity contribution is 5.81. The second-order valence-electron chi connectivity index (χ2n) is 4.24. The van der Waals surface area contributed by atoms with Crippen molar-refractivity contribution in [2.45, 2.75) is 33.4 Å². The highest BCUT2D eigenvalue weighted by atomic mass is 16.5. The van der Waals surface area contributed by atoms with Crippen molar-refractivity contribution in [3.63, 3.8) is 0 Å². The van der Waals surface area contributed by atoms with Crippen molar-refractivity contribution >= 4 is 5.97 Å². The van der Waals surface area contributed by atoms with E-state index >= 15 is 0 Å². The van der Waals surface area contributed by atoms with Gasteiger partial charge in [0.2, 0.25) is 0 Å². The predicted molar refractivity (Wildman–Crippen MR) is 72.8 cm³/mol. The molecule has 0 heterocycles. The van der Waals surface area contributed by atoms with E-state index in [1.165, 1.54) is 6.08 Å². The van der Waals surface area contributed by atoms with E-state index in [0.717, 1.165) is 0 Å². The molecule has 0 amide bonds. The SMILES string of the molecule is CCOC(=O)/C=C/C/C=C/C(C)[C@H](C)[C@@H](N)OC. The lowest BCUT2D eigenvalue weighted by molar-refractivity contribution is -0.137. The summed E-state index contributed by atoms with van der Waals surface area (Å²) >= 11 is 0. The molecule has 0 saturated carbocycles. The number of rotatable bonds is 8. The van der Waals surface area contributed by atoms with Crippen LogP contribution >= 0.6 is 0 Å². The molecule has 4 heteroatoms. The molecule has 0 aromatic heterocycles. The van der Waals surface area contributed by atoms with Crippen molar-refractivity contribution in [3.8, 4) is 0 Å². The number of allylic oxidation sites excluding steroid dienone is 3. The van der Waals surface area contributed by atoms with Gasteiger partial charge in [0.15, 0.2) is 0 Å². The lowest BCUT2D eigenvalue weighted by atomic mass is 9.94. The van der Waals surface area contributed by atoms with Crippen LogP contribution in [0.3, 0.4) is 0 Å². The first-order valence-electron chi connectivity index (χ1n) is 6.31. The molecule has 0 radical (unpaired) electrons. The van der Waals surface area contributed by atoms with E-state index in [9.17, 15) is 4.79 Å². The fourth-order valence-electron chi connectivity index (χ4n) is 1.42. The zero-order valence-corrected chi connectivity index (χ0v) is 11.8. The van der Waals surface area contributed by atoms with Gasteiger partial charge in [0.25, 0.3) is 0 Å². The number of hydrogen-bond acceptors (Lipinski definition) is 4. The molecule has 0 saturated heterocycles. The Labute approximate surface area is 110 Å². The lowest BCUT2D eigenvalue weighted by Crippen LogP contribution is -2.33. The fourth-order valence-corrected chi connectivity index (χ4v) is 1.42. The van der Waals surface area contributed by atoms with Crippen molar-refractivity contribution < 1.29 is 14.3 Å². The van der Waals surface area contributed by atoms with Gasteiger partial charge in [-0.1, -0.05) is 32.1 Å². The number of esters is 1. The number of carbonyl (C=O) groups excluding carboxylic acids is 1. The average molecular weight is 255 g/mol. The van der Waals surface area contributed by atoms with E-state index in [-0.39, 0.29) is 18.1 Å². The van der Waals surface area contributed by atoms with Gasteiger partial charge in [0.05, 0.1) is 6.61 Å². The first-order valence-corrected chi connectivity index (χ1v) is 6.31. The lowest BCUT2D eigenvalue weighted by Gasteiger charge is -2.22. The number of carbonyl (C=O) groups is 1. The van der Waals surface area contributed by atoms with E-state index in [1.807, 2.05) is 6.08 Å². The molecule has 0 aliphatic heterocycles. The Bertz CT molecular complexity index is 287.